The molecule has 3 aliphatic heterocycles. The van der Waals surface area contributed by atoms with Gasteiger partial charge in [-0.3, -0.25) is 9.69 Å². The van der Waals surface area contributed by atoms with Crippen LogP contribution in [0.15, 0.2) is 36.7 Å². The van der Waals surface area contributed by atoms with Crippen LogP contribution in [0, 0.1) is 18.8 Å². The van der Waals surface area contributed by atoms with Crippen LogP contribution < -0.4 is 0 Å². The highest BCUT2D eigenvalue weighted by atomic mass is 16.2. The van der Waals surface area contributed by atoms with Crippen LogP contribution in [0.25, 0.3) is 5.69 Å². The summed E-state index contributed by atoms with van der Waals surface area (Å²) in [5.41, 5.74) is 3.58. The van der Waals surface area contributed by atoms with Crippen molar-refractivity contribution in [1.29, 1.82) is 0 Å². The third kappa shape index (κ3) is 3.41. The molecule has 6 rings (SSSR count). The Morgan fingerprint density at radius 1 is 1.11 bits per heavy atom. The van der Waals surface area contributed by atoms with Crippen molar-refractivity contribution >= 4 is 5.91 Å². The number of aryl methyl sites for hydroxylation is 1. The number of para-hydroxylation sites is 1. The molecule has 0 radical (unpaired) electrons. The number of amides is 1. The van der Waals surface area contributed by atoms with Gasteiger partial charge in [-0.15, -0.1) is 0 Å². The number of fused-ring (bicyclic) bond motifs is 4. The number of aromatic nitrogens is 2. The maximum Gasteiger partial charge on any atom is 0.227 e. The Labute approximate surface area is 161 Å². The summed E-state index contributed by atoms with van der Waals surface area (Å²) in [6.07, 6.45) is 8.96. The number of carbonyl (C=O) groups excluding carboxylic acids is 1. The molecule has 1 saturated carbocycles. The molecule has 2 atom stereocenters. The Morgan fingerprint density at radius 3 is 2.78 bits per heavy atom. The van der Waals surface area contributed by atoms with Crippen molar-refractivity contribution in [1.82, 2.24) is 19.6 Å². The molecule has 2 bridgehead atoms. The van der Waals surface area contributed by atoms with E-state index in [2.05, 4.69) is 52.3 Å². The summed E-state index contributed by atoms with van der Waals surface area (Å²) < 4.78 is 1.97. The lowest BCUT2D eigenvalue weighted by Gasteiger charge is -2.36. The predicted octanol–water partition coefficient (Wildman–Crippen LogP) is 3.01. The third-order valence-corrected chi connectivity index (χ3v) is 6.43. The molecule has 1 aromatic carbocycles. The van der Waals surface area contributed by atoms with Gasteiger partial charge in [0.15, 0.2) is 0 Å². The lowest BCUT2D eigenvalue weighted by molar-refractivity contribution is -0.140. The zero-order valence-electron chi connectivity index (χ0n) is 16.1. The van der Waals surface area contributed by atoms with Crippen LogP contribution in [0.4, 0.5) is 0 Å². The fourth-order valence-electron chi connectivity index (χ4n) is 4.73. The predicted molar refractivity (Wildman–Crippen MR) is 105 cm³/mol. The summed E-state index contributed by atoms with van der Waals surface area (Å²) in [6, 6.07) is 8.73. The number of hydrogen-bond acceptors (Lipinski definition) is 3. The molecular formula is C22H28N4O. The summed E-state index contributed by atoms with van der Waals surface area (Å²) in [5, 5.41) is 4.58. The summed E-state index contributed by atoms with van der Waals surface area (Å²) >= 11 is 0. The second-order valence-electron chi connectivity index (χ2n) is 8.64. The van der Waals surface area contributed by atoms with Gasteiger partial charge in [0.1, 0.15) is 0 Å². The topological polar surface area (TPSA) is 41.4 Å². The van der Waals surface area contributed by atoms with Gasteiger partial charge in [-0.25, -0.2) is 4.68 Å². The van der Waals surface area contributed by atoms with Gasteiger partial charge in [0.2, 0.25) is 5.91 Å². The first-order chi connectivity index (χ1) is 13.2. The van der Waals surface area contributed by atoms with Crippen molar-refractivity contribution in [2.75, 3.05) is 19.6 Å². The number of rotatable bonds is 5. The first-order valence-electron chi connectivity index (χ1n) is 10.3. The lowest BCUT2D eigenvalue weighted by atomic mass is 9.94. The summed E-state index contributed by atoms with van der Waals surface area (Å²) in [7, 11) is 0. The first kappa shape index (κ1) is 17.0. The maximum absolute atomic E-state index is 12.9. The van der Waals surface area contributed by atoms with Crippen LogP contribution in [0.3, 0.4) is 0 Å². The Kier molecular flexibility index (Phi) is 4.27. The van der Waals surface area contributed by atoms with Crippen LogP contribution in [0.5, 0.6) is 0 Å². The largest absolute Gasteiger partial charge is 0.338 e. The molecule has 142 valence electrons. The highest BCUT2D eigenvalue weighted by molar-refractivity contribution is 5.80. The van der Waals surface area contributed by atoms with E-state index in [1.165, 1.54) is 30.4 Å². The minimum atomic E-state index is 0.189. The van der Waals surface area contributed by atoms with E-state index in [0.29, 0.717) is 11.9 Å². The normalized spacial score (nSPS) is 25.8. The fourth-order valence-corrected chi connectivity index (χ4v) is 4.73. The number of carbonyl (C=O) groups is 1. The minimum Gasteiger partial charge on any atom is -0.338 e. The molecule has 1 aromatic heterocycles. The van der Waals surface area contributed by atoms with E-state index in [9.17, 15) is 4.79 Å². The average Bonchev–Trinajstić information content (AvgIpc) is 3.42. The fraction of sp³-hybridized carbons (Fsp3) is 0.545. The number of nitrogens with zero attached hydrogens (tertiary/aromatic N) is 4. The lowest BCUT2D eigenvalue weighted by Crippen LogP contribution is -2.48. The SMILES string of the molecule is Cc1ccccc1-n1cc(CN2C[C@@H]3CC[C@H](C2)N(CC2CC2)C3=O)cn1. The molecule has 5 nitrogen and oxygen atoms in total. The van der Waals surface area contributed by atoms with E-state index in [1.54, 1.807) is 0 Å². The molecule has 4 aliphatic rings. The Bertz CT molecular complexity index is 840. The first-order valence-corrected chi connectivity index (χ1v) is 10.3. The molecule has 4 heterocycles. The molecular weight excluding hydrogens is 336 g/mol. The van der Waals surface area contributed by atoms with Crippen molar-refractivity contribution in [2.24, 2.45) is 11.8 Å². The molecule has 0 spiro atoms. The van der Waals surface area contributed by atoms with Crippen molar-refractivity contribution in [3.05, 3.63) is 47.8 Å². The van der Waals surface area contributed by atoms with E-state index >= 15 is 0 Å². The molecule has 1 aliphatic carbocycles. The van der Waals surface area contributed by atoms with Gasteiger partial charge in [0.25, 0.3) is 0 Å². The molecule has 2 aromatic rings. The number of hydrogen-bond donors (Lipinski definition) is 0. The van der Waals surface area contributed by atoms with Gasteiger partial charge < -0.3 is 4.90 Å². The standard InChI is InChI=1S/C22H28N4O/c1-16-4-2-3-5-21(16)26-13-18(10-23-26)11-24-14-19-8-9-20(15-24)25(22(19)27)12-17-6-7-17/h2-5,10,13,17,19-20H,6-9,11-12,14-15H2,1H3/t19-,20+/m0/s1. The molecule has 4 fully saturated rings. The van der Waals surface area contributed by atoms with Crippen molar-refractivity contribution in [2.45, 2.75) is 45.2 Å². The van der Waals surface area contributed by atoms with Crippen LogP contribution in [0.2, 0.25) is 0 Å². The van der Waals surface area contributed by atoms with Gasteiger partial charge >= 0.3 is 0 Å². The zero-order valence-corrected chi connectivity index (χ0v) is 16.1. The highest BCUT2D eigenvalue weighted by Crippen LogP contribution is 2.35. The van der Waals surface area contributed by atoms with E-state index < -0.39 is 0 Å². The van der Waals surface area contributed by atoms with E-state index in [4.69, 9.17) is 0 Å². The van der Waals surface area contributed by atoms with Crippen LogP contribution in [-0.2, 0) is 11.3 Å². The average molecular weight is 364 g/mol. The van der Waals surface area contributed by atoms with Crippen LogP contribution >= 0.6 is 0 Å². The molecule has 5 heteroatoms. The molecule has 1 amide bonds. The Balaban J connectivity index is 1.30. The van der Waals surface area contributed by atoms with Crippen LogP contribution in [0.1, 0.15) is 36.8 Å². The van der Waals surface area contributed by atoms with Crippen LogP contribution in [-0.4, -0.2) is 51.2 Å². The van der Waals surface area contributed by atoms with Crippen molar-refractivity contribution < 1.29 is 4.79 Å². The Hall–Kier alpha value is -2.14. The Morgan fingerprint density at radius 2 is 1.96 bits per heavy atom. The molecule has 0 N–H and O–H groups in total. The van der Waals surface area contributed by atoms with Gasteiger partial charge in [0.05, 0.1) is 17.8 Å². The third-order valence-electron chi connectivity index (χ3n) is 6.43. The van der Waals surface area contributed by atoms with Gasteiger partial charge in [0, 0.05) is 44.0 Å². The maximum atomic E-state index is 12.9. The highest BCUT2D eigenvalue weighted by Gasteiger charge is 2.42. The molecule has 27 heavy (non-hydrogen) atoms. The van der Waals surface area contributed by atoms with E-state index in [0.717, 1.165) is 44.2 Å². The summed E-state index contributed by atoms with van der Waals surface area (Å²) in [6.45, 7) is 5.89. The van der Waals surface area contributed by atoms with Gasteiger partial charge in [-0.1, -0.05) is 18.2 Å². The molecule has 3 saturated heterocycles. The van der Waals surface area contributed by atoms with E-state index in [1.807, 2.05) is 10.9 Å². The van der Waals surface area contributed by atoms with E-state index in [-0.39, 0.29) is 5.92 Å². The van der Waals surface area contributed by atoms with Crippen molar-refractivity contribution in [3.8, 4) is 5.69 Å². The second-order valence-corrected chi connectivity index (χ2v) is 8.64. The minimum absolute atomic E-state index is 0.189. The second kappa shape index (κ2) is 6.79. The van der Waals surface area contributed by atoms with Gasteiger partial charge in [-0.2, -0.15) is 5.10 Å². The monoisotopic (exact) mass is 364 g/mol. The number of benzene rings is 1. The molecule has 0 unspecified atom stereocenters. The van der Waals surface area contributed by atoms with Gasteiger partial charge in [-0.05, 0) is 50.2 Å². The zero-order chi connectivity index (χ0) is 18.4. The quantitative estimate of drug-likeness (QED) is 0.819. The van der Waals surface area contributed by atoms with Crippen molar-refractivity contribution in [3.63, 3.8) is 0 Å². The number of piperidine rings is 1. The summed E-state index contributed by atoms with van der Waals surface area (Å²) in [4.78, 5) is 17.6. The summed E-state index contributed by atoms with van der Waals surface area (Å²) in [5.74, 6) is 1.37. The smallest absolute Gasteiger partial charge is 0.227 e.